The third-order valence-corrected chi connectivity index (χ3v) is 5.40. The van der Waals surface area contributed by atoms with Crippen molar-refractivity contribution in [2.24, 2.45) is 5.92 Å². The van der Waals surface area contributed by atoms with E-state index in [1.165, 1.54) is 18.4 Å². The number of ether oxygens (including phenoxy) is 1. The molecule has 0 bridgehead atoms. The molecule has 0 saturated carbocycles. The minimum atomic E-state index is -0.142. The molecule has 152 valence electrons. The normalized spacial score (nSPS) is 15.4. The van der Waals surface area contributed by atoms with E-state index < -0.39 is 0 Å². The van der Waals surface area contributed by atoms with Gasteiger partial charge in [-0.2, -0.15) is 0 Å². The number of methoxy groups -OCH3 is 1. The summed E-state index contributed by atoms with van der Waals surface area (Å²) in [4.78, 5) is 12.7. The molecule has 2 aromatic carbocycles. The summed E-state index contributed by atoms with van der Waals surface area (Å²) < 4.78 is 5.26. The van der Waals surface area contributed by atoms with E-state index in [1.54, 1.807) is 7.11 Å². The van der Waals surface area contributed by atoms with Crippen molar-refractivity contribution >= 4 is 18.3 Å². The van der Waals surface area contributed by atoms with Gasteiger partial charge in [0.2, 0.25) is 5.91 Å². The molecule has 1 heterocycles. The van der Waals surface area contributed by atoms with Gasteiger partial charge in [-0.1, -0.05) is 42.0 Å². The Kier molecular flexibility index (Phi) is 8.81. The first-order valence-corrected chi connectivity index (χ1v) is 9.86. The molecule has 0 spiro atoms. The standard InChI is InChI=1S/C23H30N2O2.ClH/c1-17-3-6-19(7-4-17)23(20-8-10-21(27-2)11-9-20)25-22(26)12-5-18-13-15-24-16-14-18;/h3-4,6-11,18,23-24H,5,12-16H2,1-2H3,(H,25,26);1H. The highest BCUT2D eigenvalue weighted by molar-refractivity contribution is 5.85. The van der Waals surface area contributed by atoms with Crippen LogP contribution in [0.25, 0.3) is 0 Å². The van der Waals surface area contributed by atoms with Crippen LogP contribution in [0.1, 0.15) is 48.4 Å². The molecule has 4 nitrogen and oxygen atoms in total. The summed E-state index contributed by atoms with van der Waals surface area (Å²) in [5, 5.41) is 6.63. The summed E-state index contributed by atoms with van der Waals surface area (Å²) in [6.45, 7) is 4.22. The molecule has 0 aromatic heterocycles. The van der Waals surface area contributed by atoms with E-state index in [4.69, 9.17) is 4.74 Å². The quantitative estimate of drug-likeness (QED) is 0.721. The minimum absolute atomic E-state index is 0. The van der Waals surface area contributed by atoms with E-state index in [2.05, 4.69) is 41.8 Å². The lowest BCUT2D eigenvalue weighted by Gasteiger charge is -2.24. The summed E-state index contributed by atoms with van der Waals surface area (Å²) in [5.41, 5.74) is 3.38. The van der Waals surface area contributed by atoms with Gasteiger partial charge < -0.3 is 15.4 Å². The zero-order chi connectivity index (χ0) is 19.1. The van der Waals surface area contributed by atoms with Crippen molar-refractivity contribution in [3.63, 3.8) is 0 Å². The number of nitrogens with one attached hydrogen (secondary N) is 2. The molecule has 5 heteroatoms. The number of hydrogen-bond acceptors (Lipinski definition) is 3. The average molecular weight is 403 g/mol. The summed E-state index contributed by atoms with van der Waals surface area (Å²) in [5.74, 6) is 1.60. The highest BCUT2D eigenvalue weighted by atomic mass is 35.5. The molecule has 0 radical (unpaired) electrons. The summed E-state index contributed by atoms with van der Waals surface area (Å²) in [6, 6.07) is 16.2. The van der Waals surface area contributed by atoms with Crippen LogP contribution in [-0.4, -0.2) is 26.1 Å². The number of carbonyl (C=O) groups is 1. The lowest BCUT2D eigenvalue weighted by molar-refractivity contribution is -0.121. The van der Waals surface area contributed by atoms with Crippen molar-refractivity contribution in [2.75, 3.05) is 20.2 Å². The summed E-state index contributed by atoms with van der Waals surface area (Å²) in [6.07, 6.45) is 3.90. The van der Waals surface area contributed by atoms with Crippen LogP contribution in [-0.2, 0) is 4.79 Å². The second kappa shape index (κ2) is 11.1. The average Bonchev–Trinajstić information content (AvgIpc) is 2.72. The molecule has 28 heavy (non-hydrogen) atoms. The predicted octanol–water partition coefficient (Wildman–Crippen LogP) is 4.41. The van der Waals surface area contributed by atoms with Crippen molar-refractivity contribution in [2.45, 2.75) is 38.6 Å². The molecule has 1 unspecified atom stereocenters. The number of aryl methyl sites for hydroxylation is 1. The van der Waals surface area contributed by atoms with Crippen molar-refractivity contribution in [3.05, 3.63) is 65.2 Å². The van der Waals surface area contributed by atoms with Crippen molar-refractivity contribution < 1.29 is 9.53 Å². The molecule has 1 aliphatic rings. The van der Waals surface area contributed by atoms with Gasteiger partial charge in [-0.25, -0.2) is 0 Å². The Morgan fingerprint density at radius 3 is 2.21 bits per heavy atom. The van der Waals surface area contributed by atoms with Crippen LogP contribution < -0.4 is 15.4 Å². The van der Waals surface area contributed by atoms with Crippen LogP contribution in [0, 0.1) is 12.8 Å². The smallest absolute Gasteiger partial charge is 0.220 e. The largest absolute Gasteiger partial charge is 0.497 e. The zero-order valence-electron chi connectivity index (χ0n) is 16.7. The van der Waals surface area contributed by atoms with Crippen LogP contribution in [0.5, 0.6) is 5.75 Å². The zero-order valence-corrected chi connectivity index (χ0v) is 17.6. The van der Waals surface area contributed by atoms with E-state index in [0.29, 0.717) is 12.3 Å². The fourth-order valence-corrected chi connectivity index (χ4v) is 3.65. The second-order valence-corrected chi connectivity index (χ2v) is 7.42. The molecule has 2 aromatic rings. The Morgan fingerprint density at radius 1 is 1.07 bits per heavy atom. The summed E-state index contributed by atoms with van der Waals surface area (Å²) >= 11 is 0. The van der Waals surface area contributed by atoms with E-state index in [1.807, 2.05) is 24.3 Å². The Hall–Kier alpha value is -2.04. The fraction of sp³-hybridized carbons (Fsp3) is 0.435. The highest BCUT2D eigenvalue weighted by Gasteiger charge is 2.19. The van der Waals surface area contributed by atoms with Crippen LogP contribution in [0.4, 0.5) is 0 Å². The van der Waals surface area contributed by atoms with Crippen molar-refractivity contribution in [3.8, 4) is 5.75 Å². The maximum absolute atomic E-state index is 12.7. The van der Waals surface area contributed by atoms with Crippen LogP contribution in [0.3, 0.4) is 0 Å². The van der Waals surface area contributed by atoms with Crippen molar-refractivity contribution in [1.29, 1.82) is 0 Å². The second-order valence-electron chi connectivity index (χ2n) is 7.42. The lowest BCUT2D eigenvalue weighted by Crippen LogP contribution is -2.31. The van der Waals surface area contributed by atoms with E-state index in [-0.39, 0.29) is 24.4 Å². The molecule has 3 rings (SSSR count). The van der Waals surface area contributed by atoms with Gasteiger partial charge in [-0.15, -0.1) is 12.4 Å². The van der Waals surface area contributed by atoms with E-state index in [0.717, 1.165) is 36.4 Å². The van der Waals surface area contributed by atoms with Gasteiger partial charge in [0.1, 0.15) is 5.75 Å². The summed E-state index contributed by atoms with van der Waals surface area (Å²) in [7, 11) is 1.66. The number of piperidine rings is 1. The molecular weight excluding hydrogens is 372 g/mol. The molecule has 2 N–H and O–H groups in total. The van der Waals surface area contributed by atoms with Gasteiger partial charge in [-0.05, 0) is 68.5 Å². The van der Waals surface area contributed by atoms with Crippen LogP contribution >= 0.6 is 12.4 Å². The maximum Gasteiger partial charge on any atom is 0.220 e. The highest BCUT2D eigenvalue weighted by Crippen LogP contribution is 2.25. The van der Waals surface area contributed by atoms with Crippen LogP contribution in [0.15, 0.2) is 48.5 Å². The number of hydrogen-bond donors (Lipinski definition) is 2. The van der Waals surface area contributed by atoms with Gasteiger partial charge in [-0.3, -0.25) is 4.79 Å². The van der Waals surface area contributed by atoms with Gasteiger partial charge in [0, 0.05) is 6.42 Å². The Balaban J connectivity index is 0.00000280. The number of benzene rings is 2. The number of amides is 1. The molecule has 1 amide bonds. The van der Waals surface area contributed by atoms with Gasteiger partial charge in [0.05, 0.1) is 13.2 Å². The Morgan fingerprint density at radius 2 is 1.64 bits per heavy atom. The maximum atomic E-state index is 12.7. The Bertz CT molecular complexity index is 725. The molecular formula is C23H31ClN2O2. The third-order valence-electron chi connectivity index (χ3n) is 5.40. The first-order chi connectivity index (χ1) is 13.2. The molecule has 0 aliphatic carbocycles. The van der Waals surface area contributed by atoms with Crippen LogP contribution in [0.2, 0.25) is 0 Å². The third kappa shape index (κ3) is 6.25. The minimum Gasteiger partial charge on any atom is -0.497 e. The van der Waals surface area contributed by atoms with E-state index >= 15 is 0 Å². The number of carbonyl (C=O) groups excluding carboxylic acids is 1. The van der Waals surface area contributed by atoms with Gasteiger partial charge >= 0.3 is 0 Å². The SMILES string of the molecule is COc1ccc(C(NC(=O)CCC2CCNCC2)c2ccc(C)cc2)cc1.Cl. The topological polar surface area (TPSA) is 50.4 Å². The monoisotopic (exact) mass is 402 g/mol. The molecule has 1 fully saturated rings. The first-order valence-electron chi connectivity index (χ1n) is 9.86. The predicted molar refractivity (Wildman–Crippen MR) is 116 cm³/mol. The molecule has 1 aliphatic heterocycles. The van der Waals surface area contributed by atoms with Gasteiger partial charge in [0.15, 0.2) is 0 Å². The molecule has 1 atom stereocenters. The lowest BCUT2D eigenvalue weighted by atomic mass is 9.92. The van der Waals surface area contributed by atoms with Gasteiger partial charge in [0.25, 0.3) is 0 Å². The van der Waals surface area contributed by atoms with Crippen molar-refractivity contribution in [1.82, 2.24) is 10.6 Å². The fourth-order valence-electron chi connectivity index (χ4n) is 3.65. The Labute approximate surface area is 174 Å². The van der Waals surface area contributed by atoms with E-state index in [9.17, 15) is 4.79 Å². The number of rotatable bonds is 7. The molecule has 1 saturated heterocycles. The number of halogens is 1. The first kappa shape index (κ1) is 22.3.